The molecule has 0 unspecified atom stereocenters. The largest absolute Gasteiger partial charge is 0.506 e. The van der Waals surface area contributed by atoms with E-state index in [0.717, 1.165) is 48.0 Å². The van der Waals surface area contributed by atoms with Crippen molar-refractivity contribution in [1.82, 2.24) is 9.88 Å². The van der Waals surface area contributed by atoms with Crippen molar-refractivity contribution in [3.8, 4) is 5.75 Å². The third-order valence-electron chi connectivity index (χ3n) is 6.07. The number of nitrogens with zero attached hydrogens (tertiary/aromatic N) is 2. The minimum Gasteiger partial charge on any atom is -0.506 e. The lowest BCUT2D eigenvalue weighted by Gasteiger charge is -2.28. The molecule has 3 rings (SSSR count). The van der Waals surface area contributed by atoms with Gasteiger partial charge in [0.1, 0.15) is 5.75 Å². The number of hydrogen-bond donors (Lipinski definition) is 1. The Labute approximate surface area is 210 Å². The molecule has 0 saturated heterocycles. The maximum atomic E-state index is 11.1. The summed E-state index contributed by atoms with van der Waals surface area (Å²) < 4.78 is 0. The average molecular weight is 477 g/mol. The molecule has 1 heterocycles. The van der Waals surface area contributed by atoms with Gasteiger partial charge in [0.15, 0.2) is 0 Å². The number of thioether (sulfide) groups is 1. The van der Waals surface area contributed by atoms with Crippen LogP contribution in [0.5, 0.6) is 5.75 Å². The van der Waals surface area contributed by atoms with E-state index in [1.54, 1.807) is 11.8 Å². The minimum atomic E-state index is -0.108. The number of pyridine rings is 1. The van der Waals surface area contributed by atoms with Crippen LogP contribution in [0.1, 0.15) is 63.9 Å². The molecule has 2 aromatic carbocycles. The van der Waals surface area contributed by atoms with Gasteiger partial charge in [-0.2, -0.15) is 0 Å². The topological polar surface area (TPSA) is 36.4 Å². The highest BCUT2D eigenvalue weighted by atomic mass is 32.2. The highest BCUT2D eigenvalue weighted by Crippen LogP contribution is 2.41. The average Bonchev–Trinajstić information content (AvgIpc) is 2.78. The van der Waals surface area contributed by atoms with Crippen LogP contribution in [-0.4, -0.2) is 33.8 Å². The maximum Gasteiger partial charge on any atom is 0.132 e. The number of phenols is 1. The van der Waals surface area contributed by atoms with Gasteiger partial charge in [0.25, 0.3) is 0 Å². The molecule has 182 valence electrons. The van der Waals surface area contributed by atoms with Gasteiger partial charge in [0.2, 0.25) is 0 Å². The normalized spacial score (nSPS) is 12.3. The number of aromatic hydroxyl groups is 1. The molecule has 0 aliphatic heterocycles. The van der Waals surface area contributed by atoms with E-state index in [-0.39, 0.29) is 10.8 Å². The molecule has 0 atom stereocenters. The summed E-state index contributed by atoms with van der Waals surface area (Å²) in [5.41, 5.74) is 4.67. The van der Waals surface area contributed by atoms with Gasteiger partial charge in [-0.3, -0.25) is 9.88 Å². The minimum absolute atomic E-state index is 0.0328. The Morgan fingerprint density at radius 3 is 2.18 bits per heavy atom. The molecule has 0 aliphatic rings. The van der Waals surface area contributed by atoms with E-state index < -0.39 is 0 Å². The van der Waals surface area contributed by atoms with E-state index in [9.17, 15) is 5.11 Å². The van der Waals surface area contributed by atoms with E-state index in [2.05, 4.69) is 106 Å². The van der Waals surface area contributed by atoms with Crippen molar-refractivity contribution in [2.75, 3.05) is 18.8 Å². The number of hydrogen-bond acceptors (Lipinski definition) is 4. The third kappa shape index (κ3) is 7.61. The highest BCUT2D eigenvalue weighted by molar-refractivity contribution is 7.99. The molecule has 4 heteroatoms. The third-order valence-corrected chi connectivity index (χ3v) is 7.08. The molecular formula is C30H40N2OS. The predicted octanol–water partition coefficient (Wildman–Crippen LogP) is 7.22. The smallest absolute Gasteiger partial charge is 0.132 e. The fraction of sp³-hybridized carbons (Fsp3) is 0.433. The fourth-order valence-electron chi connectivity index (χ4n) is 3.94. The Kier molecular flexibility index (Phi) is 8.83. The lowest BCUT2D eigenvalue weighted by atomic mass is 9.80. The van der Waals surface area contributed by atoms with Crippen molar-refractivity contribution in [3.05, 3.63) is 89.2 Å². The fourth-order valence-corrected chi connectivity index (χ4v) is 4.96. The van der Waals surface area contributed by atoms with Gasteiger partial charge in [0.05, 0.1) is 0 Å². The zero-order valence-corrected chi connectivity index (χ0v) is 22.5. The molecule has 0 radical (unpaired) electrons. The molecule has 0 fully saturated rings. The van der Waals surface area contributed by atoms with Gasteiger partial charge in [-0.1, -0.05) is 84.0 Å². The Hall–Kier alpha value is -2.30. The van der Waals surface area contributed by atoms with E-state index in [4.69, 9.17) is 0 Å². The summed E-state index contributed by atoms with van der Waals surface area (Å²) in [6.07, 6.45) is 2.79. The van der Waals surface area contributed by atoms with Gasteiger partial charge in [-0.05, 0) is 40.2 Å². The molecule has 0 bridgehead atoms. The van der Waals surface area contributed by atoms with Crippen molar-refractivity contribution in [1.29, 1.82) is 0 Å². The summed E-state index contributed by atoms with van der Waals surface area (Å²) in [5, 5.41) is 11.1. The number of aromatic nitrogens is 1. The standard InChI is InChI=1S/C30H40N2OS/c1-29(2,3)24-20-26(30(4,5)6)28(33)27(21-24)34-19-18-32(22-23-12-8-7-9-13-23)17-15-25-14-10-11-16-31-25/h7-14,16,20-21,33H,15,17-19,22H2,1-6H3. The molecule has 0 aliphatic carbocycles. The Bertz CT molecular complexity index is 1040. The SMILES string of the molecule is CC(C)(C)c1cc(SCCN(CCc2ccccn2)Cc2ccccc2)c(O)c(C(C)(C)C)c1. The van der Waals surface area contributed by atoms with Crippen LogP contribution in [0.2, 0.25) is 0 Å². The molecule has 3 nitrogen and oxygen atoms in total. The first kappa shape index (κ1) is 26.3. The first-order valence-corrected chi connectivity index (χ1v) is 13.2. The molecule has 3 aromatic rings. The summed E-state index contributed by atoms with van der Waals surface area (Å²) >= 11 is 1.76. The van der Waals surface area contributed by atoms with Crippen molar-refractivity contribution in [3.63, 3.8) is 0 Å². The summed E-state index contributed by atoms with van der Waals surface area (Å²) in [7, 11) is 0. The first-order chi connectivity index (χ1) is 16.0. The Morgan fingerprint density at radius 2 is 1.56 bits per heavy atom. The van der Waals surface area contributed by atoms with Crippen LogP contribution in [0, 0.1) is 0 Å². The lowest BCUT2D eigenvalue weighted by Crippen LogP contribution is -2.28. The van der Waals surface area contributed by atoms with Crippen LogP contribution in [0.15, 0.2) is 71.8 Å². The van der Waals surface area contributed by atoms with Crippen LogP contribution in [0.4, 0.5) is 0 Å². The second-order valence-corrected chi connectivity index (χ2v) is 12.2. The molecule has 0 spiro atoms. The highest BCUT2D eigenvalue weighted by Gasteiger charge is 2.25. The van der Waals surface area contributed by atoms with Crippen molar-refractivity contribution in [2.45, 2.75) is 70.2 Å². The van der Waals surface area contributed by atoms with Crippen LogP contribution in [0.25, 0.3) is 0 Å². The van der Waals surface area contributed by atoms with Gasteiger partial charge in [0, 0.05) is 54.2 Å². The zero-order valence-electron chi connectivity index (χ0n) is 21.6. The predicted molar refractivity (Wildman–Crippen MR) is 146 cm³/mol. The molecule has 0 amide bonds. The van der Waals surface area contributed by atoms with Crippen LogP contribution >= 0.6 is 11.8 Å². The van der Waals surface area contributed by atoms with E-state index in [1.807, 2.05) is 12.3 Å². The summed E-state index contributed by atoms with van der Waals surface area (Å²) in [6, 6.07) is 21.1. The number of benzene rings is 2. The summed E-state index contributed by atoms with van der Waals surface area (Å²) in [5.74, 6) is 1.35. The summed E-state index contributed by atoms with van der Waals surface area (Å²) in [6.45, 7) is 16.0. The monoisotopic (exact) mass is 476 g/mol. The second kappa shape index (κ2) is 11.4. The molecule has 34 heavy (non-hydrogen) atoms. The van der Waals surface area contributed by atoms with Crippen LogP contribution in [0.3, 0.4) is 0 Å². The summed E-state index contributed by atoms with van der Waals surface area (Å²) in [4.78, 5) is 7.98. The maximum absolute atomic E-state index is 11.1. The van der Waals surface area contributed by atoms with Gasteiger partial charge in [-0.15, -0.1) is 11.8 Å². The van der Waals surface area contributed by atoms with Crippen molar-refractivity contribution >= 4 is 11.8 Å². The van der Waals surface area contributed by atoms with Crippen molar-refractivity contribution < 1.29 is 5.11 Å². The van der Waals surface area contributed by atoms with Gasteiger partial charge >= 0.3 is 0 Å². The van der Waals surface area contributed by atoms with Crippen LogP contribution < -0.4 is 0 Å². The van der Waals surface area contributed by atoms with E-state index in [1.165, 1.54) is 11.1 Å². The number of rotatable bonds is 9. The first-order valence-electron chi connectivity index (χ1n) is 12.2. The number of phenolic OH excluding ortho intramolecular Hbond substituents is 1. The quantitative estimate of drug-likeness (QED) is 0.331. The Balaban J connectivity index is 1.74. The van der Waals surface area contributed by atoms with E-state index >= 15 is 0 Å². The van der Waals surface area contributed by atoms with Gasteiger partial charge < -0.3 is 5.11 Å². The van der Waals surface area contributed by atoms with Crippen molar-refractivity contribution in [2.24, 2.45) is 0 Å². The van der Waals surface area contributed by atoms with E-state index in [0.29, 0.717) is 5.75 Å². The van der Waals surface area contributed by atoms with Gasteiger partial charge in [-0.25, -0.2) is 0 Å². The lowest BCUT2D eigenvalue weighted by molar-refractivity contribution is 0.285. The molecule has 1 N–H and O–H groups in total. The second-order valence-electron chi connectivity index (χ2n) is 11.1. The molecule has 0 saturated carbocycles. The van der Waals surface area contributed by atoms with Crippen LogP contribution in [-0.2, 0) is 23.8 Å². The molecular weight excluding hydrogens is 436 g/mol. The molecule has 1 aromatic heterocycles. The Morgan fingerprint density at radius 1 is 0.853 bits per heavy atom. The zero-order chi connectivity index (χ0) is 24.8.